The van der Waals surface area contributed by atoms with E-state index in [4.69, 9.17) is 0 Å². The highest BCUT2D eigenvalue weighted by atomic mass is 32.2. The third-order valence-corrected chi connectivity index (χ3v) is 3.95. The van der Waals surface area contributed by atoms with Crippen LogP contribution in [-0.4, -0.2) is 53.8 Å². The quantitative estimate of drug-likeness (QED) is 0.759. The molecular formula is C9H17N5O3S. The van der Waals surface area contributed by atoms with Crippen LogP contribution in [0.1, 0.15) is 19.7 Å². The number of hydrogen-bond acceptors (Lipinski definition) is 5. The zero-order valence-corrected chi connectivity index (χ0v) is 11.6. The number of H-pyrrole nitrogens is 1. The van der Waals surface area contributed by atoms with Crippen LogP contribution in [0.5, 0.6) is 0 Å². The van der Waals surface area contributed by atoms with Crippen molar-refractivity contribution in [3.8, 4) is 0 Å². The van der Waals surface area contributed by atoms with Crippen LogP contribution in [0.2, 0.25) is 0 Å². The summed E-state index contributed by atoms with van der Waals surface area (Å²) in [5.74, 6) is 0.0123. The van der Waals surface area contributed by atoms with Crippen molar-refractivity contribution in [3.05, 3.63) is 5.82 Å². The van der Waals surface area contributed by atoms with E-state index in [1.807, 2.05) is 6.92 Å². The molecule has 0 aliphatic rings. The maximum Gasteiger partial charge on any atom is 0.255 e. The predicted octanol–water partition coefficient (Wildman–Crippen LogP) is -0.414. The van der Waals surface area contributed by atoms with Crippen LogP contribution in [0.15, 0.2) is 0 Å². The molecule has 1 unspecified atom stereocenters. The van der Waals surface area contributed by atoms with E-state index >= 15 is 0 Å². The largest absolute Gasteiger partial charge is 0.348 e. The number of amides is 1. The van der Waals surface area contributed by atoms with Gasteiger partial charge < -0.3 is 4.90 Å². The van der Waals surface area contributed by atoms with Crippen molar-refractivity contribution in [1.29, 1.82) is 0 Å². The van der Waals surface area contributed by atoms with Crippen LogP contribution in [0.25, 0.3) is 0 Å². The fourth-order valence-corrected chi connectivity index (χ4v) is 2.21. The van der Waals surface area contributed by atoms with Crippen molar-refractivity contribution in [2.45, 2.75) is 25.5 Å². The van der Waals surface area contributed by atoms with Crippen LogP contribution in [0, 0.1) is 0 Å². The molecule has 0 radical (unpaired) electrons. The molecule has 0 bridgehead atoms. The number of rotatable bonds is 5. The first-order valence-corrected chi connectivity index (χ1v) is 6.96. The summed E-state index contributed by atoms with van der Waals surface area (Å²) in [6.45, 7) is 3.18. The van der Waals surface area contributed by atoms with Gasteiger partial charge in [0.05, 0.1) is 0 Å². The average molecular weight is 275 g/mol. The van der Waals surface area contributed by atoms with E-state index < -0.39 is 21.2 Å². The number of aromatic nitrogens is 3. The highest BCUT2D eigenvalue weighted by Gasteiger charge is 2.30. The number of hydrogen-bond donors (Lipinski definition) is 2. The molecule has 0 aliphatic heterocycles. The van der Waals surface area contributed by atoms with E-state index in [0.29, 0.717) is 12.2 Å². The fraction of sp³-hybridized carbons (Fsp3) is 0.667. The zero-order valence-electron chi connectivity index (χ0n) is 10.8. The third kappa shape index (κ3) is 3.19. The van der Waals surface area contributed by atoms with Crippen LogP contribution in [0.3, 0.4) is 0 Å². The number of sulfonamides is 1. The minimum Gasteiger partial charge on any atom is -0.348 e. The average Bonchev–Trinajstić information content (AvgIpc) is 2.73. The molecule has 1 amide bonds. The Bertz CT molecular complexity index is 522. The van der Waals surface area contributed by atoms with Crippen molar-refractivity contribution in [1.82, 2.24) is 20.1 Å². The molecular weight excluding hydrogens is 258 g/mol. The molecule has 0 spiro atoms. The van der Waals surface area contributed by atoms with Crippen molar-refractivity contribution >= 4 is 21.9 Å². The Balaban J connectivity index is 2.84. The number of aromatic amines is 1. The van der Waals surface area contributed by atoms with Crippen LogP contribution >= 0.6 is 0 Å². The topological polar surface area (TPSA) is 108 Å². The summed E-state index contributed by atoms with van der Waals surface area (Å²) < 4.78 is 26.0. The zero-order chi connectivity index (χ0) is 13.9. The summed E-state index contributed by atoms with van der Waals surface area (Å²) in [4.78, 5) is 16.7. The lowest BCUT2D eigenvalue weighted by atomic mass is 10.4. The molecule has 1 aromatic heterocycles. The lowest BCUT2D eigenvalue weighted by Gasteiger charge is -2.16. The Hall–Kier alpha value is -1.64. The molecule has 1 aromatic rings. The number of aryl methyl sites for hydroxylation is 1. The van der Waals surface area contributed by atoms with E-state index in [1.165, 1.54) is 25.9 Å². The number of anilines is 1. The van der Waals surface area contributed by atoms with Crippen molar-refractivity contribution in [2.75, 3.05) is 18.8 Å². The molecule has 0 aromatic carbocycles. The smallest absolute Gasteiger partial charge is 0.255 e. The minimum atomic E-state index is -3.84. The first kappa shape index (κ1) is 14.4. The Kier molecular flexibility index (Phi) is 4.28. The first-order chi connectivity index (χ1) is 8.27. The minimum absolute atomic E-state index is 0.0507. The highest BCUT2D eigenvalue weighted by Crippen LogP contribution is 2.08. The molecule has 1 atom stereocenters. The lowest BCUT2D eigenvalue weighted by Crippen LogP contribution is -2.40. The van der Waals surface area contributed by atoms with Gasteiger partial charge in [-0.25, -0.2) is 13.1 Å². The van der Waals surface area contributed by atoms with Crippen LogP contribution < -0.4 is 4.72 Å². The summed E-state index contributed by atoms with van der Waals surface area (Å²) in [7, 11) is -0.846. The van der Waals surface area contributed by atoms with Gasteiger partial charge in [-0.1, -0.05) is 6.92 Å². The Morgan fingerprint density at radius 2 is 2.11 bits per heavy atom. The van der Waals surface area contributed by atoms with Gasteiger partial charge in [0.2, 0.25) is 15.9 Å². The van der Waals surface area contributed by atoms with Crippen LogP contribution in [0.4, 0.5) is 5.95 Å². The molecule has 0 saturated heterocycles. The monoisotopic (exact) mass is 275 g/mol. The second-order valence-corrected chi connectivity index (χ2v) is 5.98. The van der Waals surface area contributed by atoms with E-state index in [0.717, 1.165) is 0 Å². The van der Waals surface area contributed by atoms with Crippen LogP contribution in [-0.2, 0) is 21.2 Å². The molecule has 0 saturated carbocycles. The van der Waals surface area contributed by atoms with E-state index in [9.17, 15) is 13.2 Å². The van der Waals surface area contributed by atoms with Crippen molar-refractivity contribution < 1.29 is 13.2 Å². The van der Waals surface area contributed by atoms with Crippen molar-refractivity contribution in [3.63, 3.8) is 0 Å². The predicted molar refractivity (Wildman–Crippen MR) is 66.5 cm³/mol. The van der Waals surface area contributed by atoms with E-state index in [1.54, 1.807) is 0 Å². The van der Waals surface area contributed by atoms with E-state index in [-0.39, 0.29) is 5.95 Å². The standard InChI is InChI=1S/C9H17N5O3S/c1-5-7-10-9(12-11-7)13-18(16,17)6(2)8(15)14(3)4/h6H,5H2,1-4H3,(H2,10,11,12,13). The Morgan fingerprint density at radius 1 is 1.50 bits per heavy atom. The summed E-state index contributed by atoms with van der Waals surface area (Å²) in [6.07, 6.45) is 0.612. The molecule has 0 aliphatic carbocycles. The van der Waals surface area contributed by atoms with Gasteiger partial charge in [-0.2, -0.15) is 4.98 Å². The number of nitrogens with one attached hydrogen (secondary N) is 2. The third-order valence-electron chi connectivity index (χ3n) is 2.35. The highest BCUT2D eigenvalue weighted by molar-refractivity contribution is 7.94. The number of carbonyl (C=O) groups is 1. The van der Waals surface area contributed by atoms with Crippen molar-refractivity contribution in [2.24, 2.45) is 0 Å². The molecule has 0 fully saturated rings. The molecule has 1 heterocycles. The van der Waals surface area contributed by atoms with Gasteiger partial charge in [-0.3, -0.25) is 9.89 Å². The maximum atomic E-state index is 11.9. The second-order valence-electron chi connectivity index (χ2n) is 3.98. The normalized spacial score (nSPS) is 13.1. The molecule has 18 heavy (non-hydrogen) atoms. The summed E-state index contributed by atoms with van der Waals surface area (Å²) in [5.41, 5.74) is 0. The molecule has 1 rings (SSSR count). The molecule has 8 nitrogen and oxygen atoms in total. The summed E-state index contributed by atoms with van der Waals surface area (Å²) >= 11 is 0. The van der Waals surface area contributed by atoms with Gasteiger partial charge in [0.15, 0.2) is 5.25 Å². The Labute approximate surface area is 106 Å². The number of carbonyl (C=O) groups excluding carboxylic acids is 1. The van der Waals surface area contributed by atoms with Gasteiger partial charge in [-0.05, 0) is 6.92 Å². The summed E-state index contributed by atoms with van der Waals surface area (Å²) in [5, 5.41) is 5.09. The van der Waals surface area contributed by atoms with Gasteiger partial charge in [0, 0.05) is 20.5 Å². The molecule has 102 valence electrons. The number of nitrogens with zero attached hydrogens (tertiary/aromatic N) is 3. The van der Waals surface area contributed by atoms with Gasteiger partial charge >= 0.3 is 0 Å². The Morgan fingerprint density at radius 3 is 2.56 bits per heavy atom. The lowest BCUT2D eigenvalue weighted by molar-refractivity contribution is -0.127. The second kappa shape index (κ2) is 5.34. The van der Waals surface area contributed by atoms with Gasteiger partial charge in [0.25, 0.3) is 5.95 Å². The van der Waals surface area contributed by atoms with E-state index in [2.05, 4.69) is 19.9 Å². The fourth-order valence-electron chi connectivity index (χ4n) is 1.21. The molecule has 2 N–H and O–H groups in total. The maximum absolute atomic E-state index is 11.9. The first-order valence-electron chi connectivity index (χ1n) is 5.42. The van der Waals surface area contributed by atoms with Gasteiger partial charge in [0.1, 0.15) is 5.82 Å². The SMILES string of the molecule is CCc1nc(NS(=O)(=O)C(C)C(=O)N(C)C)n[nH]1. The molecule has 9 heteroatoms. The summed E-state index contributed by atoms with van der Waals surface area (Å²) in [6, 6.07) is 0. The van der Waals surface area contributed by atoms with Gasteiger partial charge in [-0.15, -0.1) is 5.10 Å².